The number of rotatable bonds is 4. The number of aryl methyl sites for hydroxylation is 1. The number of carbonyl (C=O) groups is 2. The first-order chi connectivity index (χ1) is 11.3. The molecule has 0 spiro atoms. The molecule has 8 heteroatoms. The minimum Gasteiger partial charge on any atom is -0.465 e. The van der Waals surface area contributed by atoms with E-state index in [-0.39, 0.29) is 16.8 Å². The topological polar surface area (TPSA) is 98.5 Å². The normalized spacial score (nSPS) is 10.1. The van der Waals surface area contributed by atoms with Gasteiger partial charge in [-0.1, -0.05) is 6.07 Å². The number of amides is 1. The standard InChI is InChI=1S/C16H13FN2O5/c1-9-3-4-14(13(17)5-9)18-15(20)10-6-11(16(21)24-2)8-12(7-10)19(22)23/h3-8H,1-2H3,(H,18,20). The molecule has 7 nitrogen and oxygen atoms in total. The van der Waals surface area contributed by atoms with Gasteiger partial charge in [-0.2, -0.15) is 0 Å². The summed E-state index contributed by atoms with van der Waals surface area (Å²) < 4.78 is 18.3. The molecular weight excluding hydrogens is 319 g/mol. The van der Waals surface area contributed by atoms with Crippen molar-refractivity contribution < 1.29 is 23.6 Å². The molecule has 0 bridgehead atoms. The van der Waals surface area contributed by atoms with Crippen LogP contribution in [0.4, 0.5) is 15.8 Å². The van der Waals surface area contributed by atoms with Crippen LogP contribution < -0.4 is 5.32 Å². The smallest absolute Gasteiger partial charge is 0.338 e. The van der Waals surface area contributed by atoms with Crippen molar-refractivity contribution in [2.45, 2.75) is 6.92 Å². The molecule has 2 aromatic rings. The van der Waals surface area contributed by atoms with Crippen LogP contribution in [0.3, 0.4) is 0 Å². The zero-order valence-corrected chi connectivity index (χ0v) is 12.8. The molecule has 0 aliphatic rings. The first-order valence-electron chi connectivity index (χ1n) is 6.77. The Morgan fingerprint density at radius 2 is 1.83 bits per heavy atom. The molecule has 0 radical (unpaired) electrons. The summed E-state index contributed by atoms with van der Waals surface area (Å²) in [6.07, 6.45) is 0. The number of hydrogen-bond acceptors (Lipinski definition) is 5. The van der Waals surface area contributed by atoms with E-state index in [0.29, 0.717) is 5.56 Å². The Balaban J connectivity index is 2.39. The van der Waals surface area contributed by atoms with Gasteiger partial charge in [0.05, 0.1) is 23.3 Å². The highest BCUT2D eigenvalue weighted by atomic mass is 19.1. The zero-order chi connectivity index (χ0) is 17.9. The highest BCUT2D eigenvalue weighted by Crippen LogP contribution is 2.21. The van der Waals surface area contributed by atoms with E-state index in [1.807, 2.05) is 0 Å². The second-order valence-electron chi connectivity index (χ2n) is 4.95. The van der Waals surface area contributed by atoms with Crippen LogP contribution in [-0.2, 0) is 4.74 Å². The van der Waals surface area contributed by atoms with Crippen LogP contribution in [0, 0.1) is 22.9 Å². The lowest BCUT2D eigenvalue weighted by Gasteiger charge is -2.08. The molecule has 0 heterocycles. The number of benzene rings is 2. The lowest BCUT2D eigenvalue weighted by atomic mass is 10.1. The minimum absolute atomic E-state index is 0.0725. The maximum absolute atomic E-state index is 13.8. The molecule has 0 fully saturated rings. The van der Waals surface area contributed by atoms with Crippen molar-refractivity contribution in [3.63, 3.8) is 0 Å². The van der Waals surface area contributed by atoms with E-state index in [1.165, 1.54) is 12.1 Å². The Morgan fingerprint density at radius 1 is 1.17 bits per heavy atom. The fourth-order valence-corrected chi connectivity index (χ4v) is 2.00. The number of nitrogens with zero attached hydrogens (tertiary/aromatic N) is 1. The Kier molecular flexibility index (Phi) is 4.88. The SMILES string of the molecule is COC(=O)c1cc(C(=O)Nc2ccc(C)cc2F)cc([N+](=O)[O-])c1. The van der Waals surface area contributed by atoms with Gasteiger partial charge < -0.3 is 10.1 Å². The van der Waals surface area contributed by atoms with Crippen molar-refractivity contribution in [1.82, 2.24) is 0 Å². The van der Waals surface area contributed by atoms with Gasteiger partial charge in [0.1, 0.15) is 5.82 Å². The molecule has 2 rings (SSSR count). The molecule has 0 aliphatic carbocycles. The third kappa shape index (κ3) is 3.72. The van der Waals surface area contributed by atoms with Gasteiger partial charge in [-0.3, -0.25) is 14.9 Å². The minimum atomic E-state index is -0.825. The number of nitro benzene ring substituents is 1. The number of nitrogens with one attached hydrogen (secondary N) is 1. The van der Waals surface area contributed by atoms with Crippen LogP contribution in [-0.4, -0.2) is 23.9 Å². The summed E-state index contributed by atoms with van der Waals surface area (Å²) in [7, 11) is 1.11. The second-order valence-corrected chi connectivity index (χ2v) is 4.95. The summed E-state index contributed by atoms with van der Waals surface area (Å²) in [6.45, 7) is 1.69. The third-order valence-corrected chi connectivity index (χ3v) is 3.18. The van der Waals surface area contributed by atoms with Crippen molar-refractivity contribution in [1.29, 1.82) is 0 Å². The number of halogens is 1. The summed E-state index contributed by atoms with van der Waals surface area (Å²) in [4.78, 5) is 34.0. The van der Waals surface area contributed by atoms with Gasteiger partial charge in [0.25, 0.3) is 11.6 Å². The number of carbonyl (C=O) groups excluding carboxylic acids is 2. The summed E-state index contributed by atoms with van der Waals surface area (Å²) in [5, 5.41) is 13.3. The lowest BCUT2D eigenvalue weighted by molar-refractivity contribution is -0.384. The molecule has 24 heavy (non-hydrogen) atoms. The van der Waals surface area contributed by atoms with Gasteiger partial charge in [-0.15, -0.1) is 0 Å². The molecule has 2 aromatic carbocycles. The Bertz CT molecular complexity index is 835. The molecule has 0 aromatic heterocycles. The number of nitro groups is 1. The molecule has 0 saturated heterocycles. The van der Waals surface area contributed by atoms with E-state index in [0.717, 1.165) is 25.3 Å². The average Bonchev–Trinajstić information content (AvgIpc) is 2.56. The summed E-state index contributed by atoms with van der Waals surface area (Å²) in [6, 6.07) is 7.35. The number of ether oxygens (including phenoxy) is 1. The third-order valence-electron chi connectivity index (χ3n) is 3.18. The molecule has 0 saturated carbocycles. The van der Waals surface area contributed by atoms with Crippen molar-refractivity contribution in [3.8, 4) is 0 Å². The van der Waals surface area contributed by atoms with E-state index >= 15 is 0 Å². The van der Waals surface area contributed by atoms with Crippen LogP contribution >= 0.6 is 0 Å². The molecule has 0 atom stereocenters. The molecular formula is C16H13FN2O5. The number of anilines is 1. The quantitative estimate of drug-likeness (QED) is 0.527. The summed E-state index contributed by atoms with van der Waals surface area (Å²) in [5.41, 5.74) is -0.163. The molecule has 0 unspecified atom stereocenters. The molecule has 124 valence electrons. The Morgan fingerprint density at radius 3 is 2.42 bits per heavy atom. The van der Waals surface area contributed by atoms with Gasteiger partial charge >= 0.3 is 5.97 Å². The largest absolute Gasteiger partial charge is 0.465 e. The van der Waals surface area contributed by atoms with Crippen LogP contribution in [0.25, 0.3) is 0 Å². The summed E-state index contributed by atoms with van der Waals surface area (Å²) >= 11 is 0. The predicted molar refractivity (Wildman–Crippen MR) is 83.5 cm³/mol. The van der Waals surface area contributed by atoms with E-state index in [9.17, 15) is 24.1 Å². The molecule has 1 N–H and O–H groups in total. The summed E-state index contributed by atoms with van der Waals surface area (Å²) in [5.74, 6) is -2.25. The van der Waals surface area contributed by atoms with Crippen molar-refractivity contribution in [2.75, 3.05) is 12.4 Å². The van der Waals surface area contributed by atoms with Crippen LogP contribution in [0.2, 0.25) is 0 Å². The predicted octanol–water partition coefficient (Wildman–Crippen LogP) is 3.08. The van der Waals surface area contributed by atoms with E-state index < -0.39 is 28.3 Å². The first-order valence-corrected chi connectivity index (χ1v) is 6.77. The van der Waals surface area contributed by atoms with E-state index in [1.54, 1.807) is 13.0 Å². The zero-order valence-electron chi connectivity index (χ0n) is 12.8. The van der Waals surface area contributed by atoms with Crippen molar-refractivity contribution >= 4 is 23.3 Å². The maximum Gasteiger partial charge on any atom is 0.338 e. The van der Waals surface area contributed by atoms with Crippen molar-refractivity contribution in [2.24, 2.45) is 0 Å². The molecule has 1 amide bonds. The number of non-ortho nitro benzene ring substituents is 1. The Hall–Kier alpha value is -3.29. The van der Waals surface area contributed by atoms with Gasteiger partial charge in [0.15, 0.2) is 0 Å². The average molecular weight is 332 g/mol. The van der Waals surface area contributed by atoms with Gasteiger partial charge in [-0.25, -0.2) is 9.18 Å². The lowest BCUT2D eigenvalue weighted by Crippen LogP contribution is -2.15. The van der Waals surface area contributed by atoms with Crippen LogP contribution in [0.1, 0.15) is 26.3 Å². The number of esters is 1. The maximum atomic E-state index is 13.8. The van der Waals surface area contributed by atoms with Gasteiger partial charge in [-0.05, 0) is 30.7 Å². The monoisotopic (exact) mass is 332 g/mol. The van der Waals surface area contributed by atoms with E-state index in [2.05, 4.69) is 10.1 Å². The number of hydrogen-bond donors (Lipinski definition) is 1. The highest BCUT2D eigenvalue weighted by Gasteiger charge is 2.19. The van der Waals surface area contributed by atoms with Crippen LogP contribution in [0.15, 0.2) is 36.4 Å². The Labute approximate surface area is 136 Å². The fourth-order valence-electron chi connectivity index (χ4n) is 2.00. The molecule has 0 aliphatic heterocycles. The van der Waals surface area contributed by atoms with Gasteiger partial charge in [0.2, 0.25) is 0 Å². The second kappa shape index (κ2) is 6.86. The van der Waals surface area contributed by atoms with Crippen molar-refractivity contribution in [3.05, 3.63) is 69.0 Å². The highest BCUT2D eigenvalue weighted by molar-refractivity contribution is 6.06. The van der Waals surface area contributed by atoms with Gasteiger partial charge in [0, 0.05) is 17.7 Å². The van der Waals surface area contributed by atoms with Crippen LogP contribution in [0.5, 0.6) is 0 Å². The number of methoxy groups -OCH3 is 1. The fraction of sp³-hybridized carbons (Fsp3) is 0.125. The van der Waals surface area contributed by atoms with E-state index in [4.69, 9.17) is 0 Å². The first kappa shape index (κ1) is 17.1.